The van der Waals surface area contributed by atoms with Crippen LogP contribution in [0.25, 0.3) is 0 Å². The van der Waals surface area contributed by atoms with Gasteiger partial charge < -0.3 is 15.2 Å². The number of aliphatic hydroxyl groups is 1. The Labute approximate surface area is 102 Å². The first-order chi connectivity index (χ1) is 8.00. The number of benzene rings is 1. The van der Waals surface area contributed by atoms with E-state index in [0.717, 1.165) is 5.56 Å². The lowest BCUT2D eigenvalue weighted by Gasteiger charge is -2.22. The van der Waals surface area contributed by atoms with E-state index in [0.29, 0.717) is 13.0 Å². The van der Waals surface area contributed by atoms with Gasteiger partial charge in [-0.05, 0) is 26.5 Å². The normalized spacial score (nSPS) is 14.4. The van der Waals surface area contributed by atoms with Crippen molar-refractivity contribution in [1.82, 2.24) is 5.32 Å². The highest BCUT2D eigenvalue weighted by molar-refractivity contribution is 5.35. The fraction of sp³-hybridized carbons (Fsp3) is 0.538. The molecule has 0 heterocycles. The van der Waals surface area contributed by atoms with E-state index in [4.69, 9.17) is 4.74 Å². The lowest BCUT2D eigenvalue weighted by molar-refractivity contribution is 0.00701. The monoisotopic (exact) mass is 241 g/mol. The van der Waals surface area contributed by atoms with Crippen LogP contribution in [0.15, 0.2) is 18.2 Å². The molecule has 0 amide bonds. The molecule has 0 aliphatic carbocycles. The van der Waals surface area contributed by atoms with Gasteiger partial charge in [-0.25, -0.2) is 4.39 Å². The molecule has 1 aromatic rings. The summed E-state index contributed by atoms with van der Waals surface area (Å²) in [5, 5.41) is 12.8. The predicted molar refractivity (Wildman–Crippen MR) is 65.6 cm³/mol. The Kier molecular flexibility index (Phi) is 4.90. The van der Waals surface area contributed by atoms with Gasteiger partial charge in [-0.1, -0.05) is 19.1 Å². The van der Waals surface area contributed by atoms with Gasteiger partial charge in [0.25, 0.3) is 0 Å². The lowest BCUT2D eigenvalue weighted by Crippen LogP contribution is -2.31. The van der Waals surface area contributed by atoms with E-state index in [1.165, 1.54) is 6.07 Å². The van der Waals surface area contributed by atoms with Crippen LogP contribution in [0.5, 0.6) is 5.75 Å². The Balaban J connectivity index is 2.82. The Bertz CT molecular complexity index is 366. The molecule has 1 atom stereocenters. The third-order valence-electron chi connectivity index (χ3n) is 2.70. The van der Waals surface area contributed by atoms with E-state index < -0.39 is 11.4 Å². The van der Waals surface area contributed by atoms with Gasteiger partial charge in [0.15, 0.2) is 11.6 Å². The highest BCUT2D eigenvalue weighted by Crippen LogP contribution is 2.24. The molecule has 4 heteroatoms. The third kappa shape index (κ3) is 3.98. The van der Waals surface area contributed by atoms with E-state index in [9.17, 15) is 9.50 Å². The molecule has 3 nitrogen and oxygen atoms in total. The van der Waals surface area contributed by atoms with Crippen molar-refractivity contribution >= 4 is 0 Å². The molecule has 0 aromatic heterocycles. The standard InChI is InChI=1S/C13H20FNO2/c1-4-13(2,16)9-17-12-10(8-15-3)6-5-7-11(12)14/h5-7,15-16H,4,8-9H2,1-3H3. The molecule has 1 aromatic carbocycles. The Morgan fingerprint density at radius 2 is 2.18 bits per heavy atom. The minimum absolute atomic E-state index is 0.0845. The highest BCUT2D eigenvalue weighted by Gasteiger charge is 2.20. The number of para-hydroxylation sites is 1. The lowest BCUT2D eigenvalue weighted by atomic mass is 10.1. The van der Waals surface area contributed by atoms with Crippen LogP contribution < -0.4 is 10.1 Å². The summed E-state index contributed by atoms with van der Waals surface area (Å²) in [5.74, 6) is -0.180. The van der Waals surface area contributed by atoms with Gasteiger partial charge in [0, 0.05) is 12.1 Å². The van der Waals surface area contributed by atoms with E-state index in [2.05, 4.69) is 5.32 Å². The largest absolute Gasteiger partial charge is 0.487 e. The van der Waals surface area contributed by atoms with Crippen LogP contribution in [0.4, 0.5) is 4.39 Å². The molecule has 0 saturated heterocycles. The molecule has 96 valence electrons. The number of nitrogens with one attached hydrogen (secondary N) is 1. The average molecular weight is 241 g/mol. The maximum atomic E-state index is 13.6. The maximum Gasteiger partial charge on any atom is 0.165 e. The molecule has 1 unspecified atom stereocenters. The van der Waals surface area contributed by atoms with Gasteiger partial charge >= 0.3 is 0 Å². The second-order valence-electron chi connectivity index (χ2n) is 4.40. The summed E-state index contributed by atoms with van der Waals surface area (Å²) in [6.07, 6.45) is 0.558. The Morgan fingerprint density at radius 1 is 1.47 bits per heavy atom. The average Bonchev–Trinajstić information content (AvgIpc) is 2.29. The summed E-state index contributed by atoms with van der Waals surface area (Å²) in [6, 6.07) is 4.80. The SMILES string of the molecule is CCC(C)(O)COc1c(F)cccc1CNC. The van der Waals surface area contributed by atoms with Gasteiger partial charge in [-0.15, -0.1) is 0 Å². The van der Waals surface area contributed by atoms with Crippen molar-refractivity contribution in [1.29, 1.82) is 0 Å². The van der Waals surface area contributed by atoms with Crippen molar-refractivity contribution in [3.63, 3.8) is 0 Å². The van der Waals surface area contributed by atoms with Crippen molar-refractivity contribution in [3.05, 3.63) is 29.6 Å². The summed E-state index contributed by atoms with van der Waals surface area (Å²) in [6.45, 7) is 4.15. The first-order valence-electron chi connectivity index (χ1n) is 5.77. The van der Waals surface area contributed by atoms with Crippen molar-refractivity contribution in [3.8, 4) is 5.75 Å². The van der Waals surface area contributed by atoms with Gasteiger partial charge in [0.1, 0.15) is 6.61 Å². The number of hydrogen-bond donors (Lipinski definition) is 2. The fourth-order valence-corrected chi connectivity index (χ4v) is 1.37. The Morgan fingerprint density at radius 3 is 2.76 bits per heavy atom. The topological polar surface area (TPSA) is 41.5 Å². The maximum absolute atomic E-state index is 13.6. The fourth-order valence-electron chi connectivity index (χ4n) is 1.37. The summed E-state index contributed by atoms with van der Waals surface area (Å²) in [5.41, 5.74) is -0.182. The smallest absolute Gasteiger partial charge is 0.165 e. The highest BCUT2D eigenvalue weighted by atomic mass is 19.1. The Hall–Kier alpha value is -1.13. The van der Waals surface area contributed by atoms with E-state index in [1.54, 1.807) is 26.1 Å². The van der Waals surface area contributed by atoms with Crippen molar-refractivity contribution in [2.45, 2.75) is 32.4 Å². The summed E-state index contributed by atoms with van der Waals surface area (Å²) in [7, 11) is 1.79. The molecule has 0 aliphatic rings. The van der Waals surface area contributed by atoms with Crippen molar-refractivity contribution in [2.24, 2.45) is 0 Å². The molecule has 17 heavy (non-hydrogen) atoms. The zero-order valence-corrected chi connectivity index (χ0v) is 10.6. The molecule has 1 rings (SSSR count). The second-order valence-corrected chi connectivity index (χ2v) is 4.40. The molecule has 0 bridgehead atoms. The zero-order valence-electron chi connectivity index (χ0n) is 10.6. The zero-order chi connectivity index (χ0) is 12.9. The van der Waals surface area contributed by atoms with Crippen molar-refractivity contribution in [2.75, 3.05) is 13.7 Å². The predicted octanol–water partition coefficient (Wildman–Crippen LogP) is 2.08. The minimum atomic E-state index is -0.931. The van der Waals surface area contributed by atoms with E-state index in [1.807, 2.05) is 6.92 Å². The van der Waals surface area contributed by atoms with Crippen LogP contribution in [-0.4, -0.2) is 24.4 Å². The molecule has 0 aliphatic heterocycles. The van der Waals surface area contributed by atoms with Crippen LogP contribution in [0, 0.1) is 5.82 Å². The van der Waals surface area contributed by atoms with Crippen molar-refractivity contribution < 1.29 is 14.2 Å². The van der Waals surface area contributed by atoms with Gasteiger partial charge in [0.2, 0.25) is 0 Å². The van der Waals surface area contributed by atoms with Crippen LogP contribution in [0.1, 0.15) is 25.8 Å². The molecule has 0 fully saturated rings. The first kappa shape index (κ1) is 13.9. The van der Waals surface area contributed by atoms with Crippen LogP contribution in [-0.2, 0) is 6.54 Å². The van der Waals surface area contributed by atoms with Crippen LogP contribution >= 0.6 is 0 Å². The van der Waals surface area contributed by atoms with Crippen LogP contribution in [0.2, 0.25) is 0 Å². The molecule has 2 N–H and O–H groups in total. The number of ether oxygens (including phenoxy) is 1. The van der Waals surface area contributed by atoms with Gasteiger partial charge in [-0.3, -0.25) is 0 Å². The first-order valence-corrected chi connectivity index (χ1v) is 5.77. The van der Waals surface area contributed by atoms with E-state index in [-0.39, 0.29) is 12.4 Å². The molecular formula is C13H20FNO2. The number of hydrogen-bond acceptors (Lipinski definition) is 3. The summed E-state index contributed by atoms with van der Waals surface area (Å²) >= 11 is 0. The van der Waals surface area contributed by atoms with Crippen LogP contribution in [0.3, 0.4) is 0 Å². The second kappa shape index (κ2) is 5.98. The molecule has 0 radical (unpaired) electrons. The number of halogens is 1. The summed E-state index contributed by atoms with van der Waals surface area (Å²) < 4.78 is 19.0. The molecule has 0 saturated carbocycles. The van der Waals surface area contributed by atoms with E-state index >= 15 is 0 Å². The third-order valence-corrected chi connectivity index (χ3v) is 2.70. The van der Waals surface area contributed by atoms with Gasteiger partial charge in [-0.2, -0.15) is 0 Å². The van der Waals surface area contributed by atoms with Gasteiger partial charge in [0.05, 0.1) is 5.60 Å². The summed E-state index contributed by atoms with van der Waals surface area (Å²) in [4.78, 5) is 0. The minimum Gasteiger partial charge on any atom is -0.487 e. The quantitative estimate of drug-likeness (QED) is 0.801. The molecule has 0 spiro atoms. The number of rotatable bonds is 6. The molecular weight excluding hydrogens is 221 g/mol.